The van der Waals surface area contributed by atoms with Crippen LogP contribution in [0.15, 0.2) is 0 Å². The highest BCUT2D eigenvalue weighted by Gasteiger charge is 2.30. The Balaban J connectivity index is 2.00. The fourth-order valence-electron chi connectivity index (χ4n) is 3.07. The van der Waals surface area contributed by atoms with Gasteiger partial charge >= 0.3 is 0 Å². The summed E-state index contributed by atoms with van der Waals surface area (Å²) in [6.45, 7) is 10.0. The van der Waals surface area contributed by atoms with Crippen molar-refractivity contribution in [3.8, 4) is 0 Å². The molecule has 2 nitrogen and oxygen atoms in total. The molecule has 1 aliphatic heterocycles. The first-order valence-electron chi connectivity index (χ1n) is 7.99. The third-order valence-electron chi connectivity index (χ3n) is 3.75. The minimum absolute atomic E-state index is 0.0351. The van der Waals surface area contributed by atoms with Gasteiger partial charge in [-0.15, -0.1) is 0 Å². The van der Waals surface area contributed by atoms with Crippen LogP contribution in [-0.2, 0) is 4.74 Å². The van der Waals surface area contributed by atoms with E-state index >= 15 is 0 Å². The molecule has 114 valence electrons. The van der Waals surface area contributed by atoms with Gasteiger partial charge in [0.25, 0.3) is 0 Å². The van der Waals surface area contributed by atoms with Crippen LogP contribution in [0.1, 0.15) is 65.7 Å². The van der Waals surface area contributed by atoms with Crippen molar-refractivity contribution in [3.63, 3.8) is 0 Å². The van der Waals surface area contributed by atoms with Gasteiger partial charge in [-0.05, 0) is 40.2 Å². The molecule has 19 heavy (non-hydrogen) atoms. The zero-order chi connectivity index (χ0) is 14.1. The van der Waals surface area contributed by atoms with Gasteiger partial charge in [-0.2, -0.15) is 0 Å². The van der Waals surface area contributed by atoms with Crippen LogP contribution in [0, 0.1) is 0 Å². The molecule has 0 aliphatic carbocycles. The Morgan fingerprint density at radius 2 is 1.63 bits per heavy atom. The molecule has 0 spiro atoms. The number of alkyl halides is 1. The van der Waals surface area contributed by atoms with Gasteiger partial charge in [-0.1, -0.05) is 48.0 Å². The lowest BCUT2D eigenvalue weighted by Crippen LogP contribution is -2.51. The summed E-state index contributed by atoms with van der Waals surface area (Å²) in [7, 11) is 0. The highest BCUT2D eigenvalue weighted by Crippen LogP contribution is 2.21. The van der Waals surface area contributed by atoms with Gasteiger partial charge in [0.1, 0.15) is 0 Å². The first-order chi connectivity index (χ1) is 9.03. The Bertz CT molecular complexity index is 233. The lowest BCUT2D eigenvalue weighted by atomic mass is 10.0. The maximum atomic E-state index is 5.94. The van der Waals surface area contributed by atoms with Gasteiger partial charge in [-0.25, -0.2) is 0 Å². The number of hydrogen-bond acceptors (Lipinski definition) is 2. The van der Waals surface area contributed by atoms with E-state index in [1.807, 2.05) is 0 Å². The molecule has 0 aromatic carbocycles. The van der Waals surface area contributed by atoms with Crippen LogP contribution in [0.4, 0.5) is 0 Å². The third kappa shape index (κ3) is 8.31. The summed E-state index contributed by atoms with van der Waals surface area (Å²) in [6, 6.07) is 0. The Morgan fingerprint density at radius 1 is 1.05 bits per heavy atom. The van der Waals surface area contributed by atoms with Crippen molar-refractivity contribution in [1.82, 2.24) is 4.90 Å². The second-order valence-electron chi connectivity index (χ2n) is 6.59. The Hall–Kier alpha value is 0.400. The first-order valence-corrected chi connectivity index (χ1v) is 9.12. The zero-order valence-electron chi connectivity index (χ0n) is 13.1. The topological polar surface area (TPSA) is 12.5 Å². The van der Waals surface area contributed by atoms with E-state index in [2.05, 4.69) is 41.6 Å². The molecule has 0 saturated carbocycles. The van der Waals surface area contributed by atoms with Crippen LogP contribution in [0.2, 0.25) is 0 Å². The van der Waals surface area contributed by atoms with Crippen molar-refractivity contribution in [2.24, 2.45) is 0 Å². The molecule has 1 heterocycles. The average molecular weight is 334 g/mol. The molecular weight excluding hydrogens is 302 g/mol. The molecule has 0 aromatic rings. The third-order valence-corrected chi connectivity index (χ3v) is 4.31. The molecule has 1 atom stereocenters. The standard InChI is InChI=1S/C16H32BrNO/c1-15-13-18(14-16(2,3)19-15)12-10-8-6-4-5-7-9-11-17/h15H,4-14H2,1-3H3. The van der Waals surface area contributed by atoms with E-state index in [-0.39, 0.29) is 5.60 Å². The predicted molar refractivity (Wildman–Crippen MR) is 87.2 cm³/mol. The van der Waals surface area contributed by atoms with Crippen molar-refractivity contribution in [1.29, 1.82) is 0 Å². The first kappa shape index (κ1) is 17.5. The molecule has 3 heteroatoms. The highest BCUT2D eigenvalue weighted by molar-refractivity contribution is 9.09. The quantitative estimate of drug-likeness (QED) is 0.451. The molecule has 0 bridgehead atoms. The van der Waals surface area contributed by atoms with Crippen molar-refractivity contribution >= 4 is 15.9 Å². The molecular formula is C16H32BrNO. The van der Waals surface area contributed by atoms with Gasteiger partial charge in [0.15, 0.2) is 0 Å². The number of rotatable bonds is 9. The fraction of sp³-hybridized carbons (Fsp3) is 1.00. The smallest absolute Gasteiger partial charge is 0.0757 e. The van der Waals surface area contributed by atoms with Gasteiger partial charge in [0.05, 0.1) is 11.7 Å². The molecule has 0 aromatic heterocycles. The predicted octanol–water partition coefficient (Wildman–Crippen LogP) is 4.61. The van der Waals surface area contributed by atoms with E-state index in [1.54, 1.807) is 0 Å². The van der Waals surface area contributed by atoms with Crippen molar-refractivity contribution < 1.29 is 4.74 Å². The van der Waals surface area contributed by atoms with E-state index in [9.17, 15) is 0 Å². The Morgan fingerprint density at radius 3 is 2.21 bits per heavy atom. The van der Waals surface area contributed by atoms with Crippen molar-refractivity contribution in [2.45, 2.75) is 77.4 Å². The number of ether oxygens (including phenoxy) is 1. The summed E-state index contributed by atoms with van der Waals surface area (Å²) in [5.41, 5.74) is 0.0351. The summed E-state index contributed by atoms with van der Waals surface area (Å²) in [6.07, 6.45) is 10.1. The molecule has 0 radical (unpaired) electrons. The second-order valence-corrected chi connectivity index (χ2v) is 7.38. The number of morpholine rings is 1. The van der Waals surface area contributed by atoms with E-state index < -0.39 is 0 Å². The number of halogens is 1. The Kier molecular flexibility index (Phi) is 8.59. The molecule has 1 aliphatic rings. The molecule has 1 unspecified atom stereocenters. The molecule has 0 N–H and O–H groups in total. The number of hydrogen-bond donors (Lipinski definition) is 0. The minimum Gasteiger partial charge on any atom is -0.370 e. The normalized spacial score (nSPS) is 23.7. The number of nitrogens with zero attached hydrogens (tertiary/aromatic N) is 1. The maximum Gasteiger partial charge on any atom is 0.0757 e. The minimum atomic E-state index is 0.0351. The van der Waals surface area contributed by atoms with Crippen LogP contribution in [0.3, 0.4) is 0 Å². The summed E-state index contributed by atoms with van der Waals surface area (Å²) < 4.78 is 5.94. The largest absolute Gasteiger partial charge is 0.370 e. The summed E-state index contributed by atoms with van der Waals surface area (Å²) in [5.74, 6) is 0. The van der Waals surface area contributed by atoms with Crippen LogP contribution >= 0.6 is 15.9 Å². The zero-order valence-corrected chi connectivity index (χ0v) is 14.7. The molecule has 1 saturated heterocycles. The fourth-order valence-corrected chi connectivity index (χ4v) is 3.47. The maximum absolute atomic E-state index is 5.94. The lowest BCUT2D eigenvalue weighted by Gasteiger charge is -2.41. The molecule has 1 rings (SSSR count). The van der Waals surface area contributed by atoms with E-state index in [0.717, 1.165) is 18.4 Å². The SMILES string of the molecule is CC1CN(CCCCCCCCCBr)CC(C)(C)O1. The van der Waals surface area contributed by atoms with Crippen LogP contribution in [-0.4, -0.2) is 41.6 Å². The van der Waals surface area contributed by atoms with Crippen molar-refractivity contribution in [2.75, 3.05) is 25.0 Å². The second kappa shape index (κ2) is 9.36. The monoisotopic (exact) mass is 333 g/mol. The van der Waals surface area contributed by atoms with Crippen molar-refractivity contribution in [3.05, 3.63) is 0 Å². The highest BCUT2D eigenvalue weighted by atomic mass is 79.9. The van der Waals surface area contributed by atoms with Crippen LogP contribution < -0.4 is 0 Å². The van der Waals surface area contributed by atoms with Crippen LogP contribution in [0.5, 0.6) is 0 Å². The summed E-state index contributed by atoms with van der Waals surface area (Å²) in [4.78, 5) is 2.58. The molecule has 0 amide bonds. The van der Waals surface area contributed by atoms with Gasteiger partial charge in [0, 0.05) is 18.4 Å². The molecule has 1 fully saturated rings. The van der Waals surface area contributed by atoms with E-state index in [0.29, 0.717) is 6.10 Å². The summed E-state index contributed by atoms with van der Waals surface area (Å²) >= 11 is 3.49. The summed E-state index contributed by atoms with van der Waals surface area (Å²) in [5, 5.41) is 1.16. The lowest BCUT2D eigenvalue weighted by molar-refractivity contribution is -0.128. The van der Waals surface area contributed by atoms with Gasteiger partial charge in [0.2, 0.25) is 0 Å². The van der Waals surface area contributed by atoms with E-state index in [1.165, 1.54) is 51.5 Å². The van der Waals surface area contributed by atoms with Gasteiger partial charge < -0.3 is 4.74 Å². The van der Waals surface area contributed by atoms with Gasteiger partial charge in [-0.3, -0.25) is 4.90 Å². The van der Waals surface area contributed by atoms with Crippen LogP contribution in [0.25, 0.3) is 0 Å². The van der Waals surface area contributed by atoms with E-state index in [4.69, 9.17) is 4.74 Å². The Labute approximate surface area is 128 Å². The number of unbranched alkanes of at least 4 members (excludes halogenated alkanes) is 6. The average Bonchev–Trinajstić information content (AvgIpc) is 2.30.